The van der Waals surface area contributed by atoms with Crippen LogP contribution in [0.2, 0.25) is 0 Å². The first-order chi connectivity index (χ1) is 16.2. The molecule has 1 aliphatic carbocycles. The molecule has 14 heteroatoms. The molecule has 2 aliphatic rings. The van der Waals surface area contributed by atoms with Crippen LogP contribution in [0.3, 0.4) is 0 Å². The van der Waals surface area contributed by atoms with Crippen LogP contribution in [0.4, 0.5) is 36.8 Å². The highest BCUT2D eigenvalue weighted by Gasteiger charge is 2.75. The summed E-state index contributed by atoms with van der Waals surface area (Å²) >= 11 is 0. The van der Waals surface area contributed by atoms with Gasteiger partial charge >= 0.3 is 24.5 Å². The second kappa shape index (κ2) is 8.13. The maximum absolute atomic E-state index is 13.3. The number of carbonyl (C=O) groups excluding carboxylic acids is 3. The monoisotopic (exact) mass is 503 g/mol. The van der Waals surface area contributed by atoms with Crippen LogP contribution in [0.25, 0.3) is 0 Å². The highest BCUT2D eigenvalue weighted by molar-refractivity contribution is 6.25. The van der Waals surface area contributed by atoms with Crippen LogP contribution in [-0.4, -0.2) is 52.0 Å². The van der Waals surface area contributed by atoms with E-state index in [1.807, 2.05) is 0 Å². The molecule has 0 radical (unpaired) electrons. The first kappa shape index (κ1) is 24.3. The summed E-state index contributed by atoms with van der Waals surface area (Å²) in [7, 11) is 0. The molecule has 1 aliphatic heterocycles. The van der Waals surface area contributed by atoms with Gasteiger partial charge in [-0.05, 0) is 48.4 Å². The number of aryl methyl sites for hydroxylation is 1. The number of ether oxygens (including phenoxy) is 2. The van der Waals surface area contributed by atoms with E-state index in [1.54, 1.807) is 13.0 Å². The predicted octanol–water partition coefficient (Wildman–Crippen LogP) is 3.87. The van der Waals surface area contributed by atoms with Gasteiger partial charge < -0.3 is 14.4 Å². The predicted molar refractivity (Wildman–Crippen MR) is 104 cm³/mol. The molecule has 2 atom stereocenters. The van der Waals surface area contributed by atoms with E-state index in [0.29, 0.717) is 16.0 Å². The van der Waals surface area contributed by atoms with E-state index in [2.05, 4.69) is 14.5 Å². The van der Waals surface area contributed by atoms with Crippen LogP contribution < -0.4 is 9.64 Å². The lowest BCUT2D eigenvalue weighted by Crippen LogP contribution is -2.42. The first-order valence-corrected chi connectivity index (χ1v) is 9.93. The van der Waals surface area contributed by atoms with Gasteiger partial charge in [-0.2, -0.15) is 13.2 Å². The zero-order valence-electron chi connectivity index (χ0n) is 17.7. The molecular weight excluding hydrogens is 488 g/mol. The van der Waals surface area contributed by atoms with Gasteiger partial charge in [0.1, 0.15) is 11.9 Å². The third-order valence-corrected chi connectivity index (χ3v) is 5.62. The molecule has 186 valence electrons. The molecule has 2 unspecified atom stereocenters. The summed E-state index contributed by atoms with van der Waals surface area (Å²) in [4.78, 5) is 43.5. The summed E-state index contributed by atoms with van der Waals surface area (Å²) in [5.41, 5.74) is -0.881. The highest BCUT2D eigenvalue weighted by Crippen LogP contribution is 2.52. The first-order valence-electron chi connectivity index (χ1n) is 9.93. The second-order valence-electron chi connectivity index (χ2n) is 7.87. The normalized spacial score (nSPS) is 22.1. The number of rotatable bonds is 5. The Morgan fingerprint density at radius 3 is 2.34 bits per heavy atom. The fourth-order valence-corrected chi connectivity index (χ4v) is 3.84. The molecule has 1 aromatic heterocycles. The van der Waals surface area contributed by atoms with E-state index in [-0.39, 0.29) is 18.7 Å². The second-order valence-corrected chi connectivity index (χ2v) is 7.87. The van der Waals surface area contributed by atoms with Crippen molar-refractivity contribution in [3.63, 3.8) is 0 Å². The van der Waals surface area contributed by atoms with Crippen molar-refractivity contribution in [1.82, 2.24) is 9.88 Å². The molecule has 35 heavy (non-hydrogen) atoms. The summed E-state index contributed by atoms with van der Waals surface area (Å²) in [5.74, 6) is -4.09. The molecule has 0 N–H and O–H groups in total. The van der Waals surface area contributed by atoms with Crippen LogP contribution in [0, 0.1) is 6.92 Å². The number of amides is 3. The van der Waals surface area contributed by atoms with Crippen molar-refractivity contribution in [2.45, 2.75) is 44.1 Å². The largest absolute Gasteiger partial charge is 0.573 e. The Morgan fingerprint density at radius 1 is 1.11 bits per heavy atom. The fourth-order valence-electron chi connectivity index (χ4n) is 3.84. The molecule has 1 aromatic carbocycles. The Kier molecular flexibility index (Phi) is 5.64. The minimum Gasteiger partial charge on any atom is -0.453 e. The number of esters is 1. The average Bonchev–Trinajstić information content (AvgIpc) is 3.42. The Bertz CT molecular complexity index is 1180. The molecule has 2 aromatic rings. The van der Waals surface area contributed by atoms with Gasteiger partial charge in [-0.25, -0.2) is 14.5 Å². The van der Waals surface area contributed by atoms with Crippen LogP contribution in [0.1, 0.15) is 17.5 Å². The van der Waals surface area contributed by atoms with E-state index in [4.69, 9.17) is 0 Å². The number of halogens is 6. The topological polar surface area (TPSA) is 89.0 Å². The third-order valence-electron chi connectivity index (χ3n) is 5.62. The van der Waals surface area contributed by atoms with Gasteiger partial charge in [0.2, 0.25) is 0 Å². The lowest BCUT2D eigenvalue weighted by Gasteiger charge is -2.23. The smallest absolute Gasteiger partial charge is 0.453 e. The van der Waals surface area contributed by atoms with Crippen LogP contribution >= 0.6 is 0 Å². The van der Waals surface area contributed by atoms with E-state index in [1.165, 1.54) is 12.4 Å². The van der Waals surface area contributed by atoms with E-state index >= 15 is 0 Å². The van der Waals surface area contributed by atoms with Crippen LogP contribution in [0.5, 0.6) is 5.75 Å². The van der Waals surface area contributed by atoms with Crippen molar-refractivity contribution in [2.24, 2.45) is 0 Å². The number of nitrogens with zero attached hydrogens (tertiary/aromatic N) is 3. The van der Waals surface area contributed by atoms with Crippen molar-refractivity contribution >= 4 is 23.6 Å². The Hall–Kier alpha value is -3.84. The van der Waals surface area contributed by atoms with Gasteiger partial charge in [-0.15, -0.1) is 13.2 Å². The van der Waals surface area contributed by atoms with Crippen molar-refractivity contribution in [2.75, 3.05) is 4.90 Å². The summed E-state index contributed by atoms with van der Waals surface area (Å²) in [5, 5.41) is 0. The summed E-state index contributed by atoms with van der Waals surface area (Å²) < 4.78 is 83.7. The van der Waals surface area contributed by atoms with Gasteiger partial charge in [0.25, 0.3) is 5.91 Å². The zero-order valence-corrected chi connectivity index (χ0v) is 17.7. The lowest BCUT2D eigenvalue weighted by molar-refractivity contribution is -0.274. The fraction of sp³-hybridized carbons (Fsp3) is 0.333. The van der Waals surface area contributed by atoms with Gasteiger partial charge in [0.15, 0.2) is 5.54 Å². The summed E-state index contributed by atoms with van der Waals surface area (Å²) in [6.07, 6.45) is -9.31. The molecule has 2 fully saturated rings. The number of benzene rings is 1. The average molecular weight is 503 g/mol. The molecule has 1 saturated heterocycles. The number of pyridine rings is 1. The van der Waals surface area contributed by atoms with E-state index in [9.17, 15) is 40.7 Å². The third kappa shape index (κ3) is 4.47. The molecule has 4 rings (SSSR count). The van der Waals surface area contributed by atoms with Gasteiger partial charge in [0.05, 0.1) is 5.69 Å². The number of hydrogen-bond donors (Lipinski definition) is 0. The van der Waals surface area contributed by atoms with Gasteiger partial charge in [-0.1, -0.05) is 0 Å². The molecular formula is C21H15F6N3O5. The van der Waals surface area contributed by atoms with Crippen LogP contribution in [0.15, 0.2) is 42.7 Å². The van der Waals surface area contributed by atoms with E-state index < -0.39 is 47.8 Å². The Morgan fingerprint density at radius 2 is 1.77 bits per heavy atom. The Balaban J connectivity index is 1.67. The lowest BCUT2D eigenvalue weighted by atomic mass is 10.1. The molecule has 1 saturated carbocycles. The zero-order chi connectivity index (χ0) is 25.8. The number of anilines is 1. The maximum Gasteiger partial charge on any atom is 0.573 e. The summed E-state index contributed by atoms with van der Waals surface area (Å²) in [6, 6.07) is 4.39. The van der Waals surface area contributed by atoms with Gasteiger partial charge in [0, 0.05) is 25.4 Å². The number of aromatic nitrogens is 1. The highest BCUT2D eigenvalue weighted by atomic mass is 19.4. The molecule has 8 nitrogen and oxygen atoms in total. The standard InChI is InChI=1S/C21H15F6N3O5/c1-11-9-28-7-6-12(11)10-29-18(33)30(13-2-4-14(5-3-13)35-21(25,26)27)16(31)19(29)8-15(19)34-17(32)20(22,23)24/h2-7,9,15H,8,10H2,1H3. The quantitative estimate of drug-likeness (QED) is 0.350. The van der Waals surface area contributed by atoms with Crippen molar-refractivity contribution in [3.8, 4) is 5.75 Å². The van der Waals surface area contributed by atoms with Crippen molar-refractivity contribution < 1.29 is 50.2 Å². The number of imide groups is 1. The number of urea groups is 1. The number of carbonyl (C=O) groups is 3. The van der Waals surface area contributed by atoms with Gasteiger partial charge in [-0.3, -0.25) is 9.78 Å². The summed E-state index contributed by atoms with van der Waals surface area (Å²) in [6.45, 7) is 1.45. The Labute approximate surface area is 193 Å². The van der Waals surface area contributed by atoms with Crippen LogP contribution in [-0.2, 0) is 20.9 Å². The maximum atomic E-state index is 13.3. The molecule has 2 heterocycles. The molecule has 0 bridgehead atoms. The number of hydrogen-bond acceptors (Lipinski definition) is 6. The van der Waals surface area contributed by atoms with E-state index in [0.717, 1.165) is 29.2 Å². The molecule has 3 amide bonds. The number of alkyl halides is 6. The minimum absolute atomic E-state index is 0.143. The SMILES string of the molecule is Cc1cnccc1CN1C(=O)N(c2ccc(OC(F)(F)F)cc2)C(=O)C12CC2OC(=O)C(F)(F)F. The van der Waals surface area contributed by atoms with Crippen molar-refractivity contribution in [3.05, 3.63) is 53.9 Å². The van der Waals surface area contributed by atoms with Crippen molar-refractivity contribution in [1.29, 1.82) is 0 Å². The minimum atomic E-state index is -5.31. The molecule has 1 spiro atoms.